The van der Waals surface area contributed by atoms with Crippen LogP contribution in [0.25, 0.3) is 0 Å². The summed E-state index contributed by atoms with van der Waals surface area (Å²) >= 11 is 0. The van der Waals surface area contributed by atoms with Crippen molar-refractivity contribution in [3.8, 4) is 0 Å². The first-order valence-electron chi connectivity index (χ1n) is 11.3. The first-order valence-corrected chi connectivity index (χ1v) is 12.8. The zero-order valence-electron chi connectivity index (χ0n) is 20.4. The molecule has 2 amide bonds. The Kier molecular flexibility index (Phi) is 8.30. The summed E-state index contributed by atoms with van der Waals surface area (Å²) in [6, 6.07) is 21.8. The minimum absolute atomic E-state index is 0.0825. The molecule has 0 aliphatic heterocycles. The summed E-state index contributed by atoms with van der Waals surface area (Å²) in [6.45, 7) is 5.15. The average molecular weight is 494 g/mol. The van der Waals surface area contributed by atoms with Crippen molar-refractivity contribution < 1.29 is 18.0 Å². The fourth-order valence-corrected chi connectivity index (χ4v) is 5.22. The molecule has 7 nitrogen and oxygen atoms in total. The molecule has 35 heavy (non-hydrogen) atoms. The highest BCUT2D eigenvalue weighted by atomic mass is 32.2. The van der Waals surface area contributed by atoms with Gasteiger partial charge in [-0.05, 0) is 61.7 Å². The number of amides is 2. The second kappa shape index (κ2) is 11.2. The maximum absolute atomic E-state index is 13.7. The van der Waals surface area contributed by atoms with Crippen LogP contribution in [0.5, 0.6) is 0 Å². The van der Waals surface area contributed by atoms with E-state index in [9.17, 15) is 18.0 Å². The third-order valence-electron chi connectivity index (χ3n) is 5.92. The standard InChI is InChI=1S/C27H31N3O4S/c1-20-11-10-14-24(17-20)30(35(33,34)25-15-6-5-7-16-25)19-26(31)29(22(3)27(32)28-4)18-23-13-9-8-12-21(23)2/h5-17,22H,18-19H2,1-4H3,(H,28,32)/t22-/m0/s1. The highest BCUT2D eigenvalue weighted by Crippen LogP contribution is 2.25. The zero-order chi connectivity index (χ0) is 25.6. The monoisotopic (exact) mass is 493 g/mol. The molecule has 3 aromatic rings. The number of carbonyl (C=O) groups excluding carboxylic acids is 2. The Balaban J connectivity index is 2.04. The molecule has 0 spiro atoms. The van der Waals surface area contributed by atoms with Gasteiger partial charge in [-0.15, -0.1) is 0 Å². The molecule has 1 N–H and O–H groups in total. The molecular formula is C27H31N3O4S. The van der Waals surface area contributed by atoms with Gasteiger partial charge in [0, 0.05) is 13.6 Å². The number of likely N-dealkylation sites (N-methyl/N-ethyl adjacent to an activating group) is 1. The van der Waals surface area contributed by atoms with E-state index in [4.69, 9.17) is 0 Å². The van der Waals surface area contributed by atoms with E-state index in [1.165, 1.54) is 24.1 Å². The highest BCUT2D eigenvalue weighted by Gasteiger charge is 2.32. The number of anilines is 1. The van der Waals surface area contributed by atoms with Crippen molar-refractivity contribution in [2.24, 2.45) is 0 Å². The van der Waals surface area contributed by atoms with Gasteiger partial charge in [-0.2, -0.15) is 0 Å². The summed E-state index contributed by atoms with van der Waals surface area (Å²) in [4.78, 5) is 27.7. The molecule has 1 atom stereocenters. The van der Waals surface area contributed by atoms with Gasteiger partial charge < -0.3 is 10.2 Å². The smallest absolute Gasteiger partial charge is 0.264 e. The van der Waals surface area contributed by atoms with Crippen LogP contribution in [0.2, 0.25) is 0 Å². The fourth-order valence-electron chi connectivity index (χ4n) is 3.79. The van der Waals surface area contributed by atoms with Crippen molar-refractivity contribution >= 4 is 27.5 Å². The van der Waals surface area contributed by atoms with Gasteiger partial charge in [-0.3, -0.25) is 13.9 Å². The van der Waals surface area contributed by atoms with Gasteiger partial charge in [0.2, 0.25) is 11.8 Å². The van der Waals surface area contributed by atoms with Crippen molar-refractivity contribution in [1.82, 2.24) is 10.2 Å². The number of benzene rings is 3. The van der Waals surface area contributed by atoms with Gasteiger partial charge in [-0.25, -0.2) is 8.42 Å². The number of aryl methyl sites for hydroxylation is 2. The lowest BCUT2D eigenvalue weighted by molar-refractivity contribution is -0.139. The predicted molar refractivity (Wildman–Crippen MR) is 137 cm³/mol. The van der Waals surface area contributed by atoms with E-state index < -0.39 is 28.5 Å². The largest absolute Gasteiger partial charge is 0.357 e. The maximum atomic E-state index is 13.7. The van der Waals surface area contributed by atoms with Crippen LogP contribution in [-0.2, 0) is 26.2 Å². The molecular weight excluding hydrogens is 462 g/mol. The lowest BCUT2D eigenvalue weighted by Crippen LogP contribution is -2.50. The SMILES string of the molecule is CNC(=O)[C@H](C)N(Cc1ccccc1C)C(=O)CN(c1cccc(C)c1)S(=O)(=O)c1ccccc1. The molecule has 0 heterocycles. The van der Waals surface area contributed by atoms with Crippen molar-refractivity contribution in [2.45, 2.75) is 38.3 Å². The maximum Gasteiger partial charge on any atom is 0.264 e. The molecule has 0 aliphatic rings. The Morgan fingerprint density at radius 1 is 0.914 bits per heavy atom. The Morgan fingerprint density at radius 2 is 1.57 bits per heavy atom. The first kappa shape index (κ1) is 26.0. The molecule has 0 saturated carbocycles. The van der Waals surface area contributed by atoms with E-state index in [1.54, 1.807) is 43.3 Å². The molecule has 0 saturated heterocycles. The van der Waals surface area contributed by atoms with Crippen LogP contribution in [0.3, 0.4) is 0 Å². The van der Waals surface area contributed by atoms with Crippen LogP contribution in [0.4, 0.5) is 5.69 Å². The number of carbonyl (C=O) groups is 2. The summed E-state index contributed by atoms with van der Waals surface area (Å²) in [6.07, 6.45) is 0. The first-order chi connectivity index (χ1) is 16.6. The molecule has 0 aromatic heterocycles. The van der Waals surface area contributed by atoms with E-state index in [0.717, 1.165) is 21.0 Å². The van der Waals surface area contributed by atoms with Crippen LogP contribution < -0.4 is 9.62 Å². The fraction of sp³-hybridized carbons (Fsp3) is 0.259. The highest BCUT2D eigenvalue weighted by molar-refractivity contribution is 7.92. The second-order valence-electron chi connectivity index (χ2n) is 8.40. The van der Waals surface area contributed by atoms with Gasteiger partial charge >= 0.3 is 0 Å². The molecule has 8 heteroatoms. The molecule has 3 rings (SSSR count). The summed E-state index contributed by atoms with van der Waals surface area (Å²) in [5.74, 6) is -0.815. The summed E-state index contributed by atoms with van der Waals surface area (Å²) < 4.78 is 28.4. The van der Waals surface area contributed by atoms with Gasteiger partial charge in [0.15, 0.2) is 0 Å². The van der Waals surface area contributed by atoms with Crippen molar-refractivity contribution in [3.63, 3.8) is 0 Å². The third kappa shape index (κ3) is 6.08. The molecule has 0 bridgehead atoms. The van der Waals surface area contributed by atoms with E-state index in [-0.39, 0.29) is 17.3 Å². The average Bonchev–Trinajstić information content (AvgIpc) is 2.86. The van der Waals surface area contributed by atoms with Crippen LogP contribution in [0.15, 0.2) is 83.8 Å². The minimum atomic E-state index is -4.05. The number of rotatable bonds is 9. The molecule has 0 aliphatic carbocycles. The second-order valence-corrected chi connectivity index (χ2v) is 10.3. The molecule has 0 unspecified atom stereocenters. The van der Waals surface area contributed by atoms with Gasteiger partial charge in [0.1, 0.15) is 12.6 Å². The van der Waals surface area contributed by atoms with Gasteiger partial charge in [0.05, 0.1) is 10.6 Å². The predicted octanol–water partition coefficient (Wildman–Crippen LogP) is 3.66. The van der Waals surface area contributed by atoms with E-state index in [2.05, 4.69) is 5.32 Å². The van der Waals surface area contributed by atoms with Crippen LogP contribution in [-0.4, -0.2) is 44.8 Å². The van der Waals surface area contributed by atoms with Crippen LogP contribution in [0, 0.1) is 13.8 Å². The molecule has 0 fully saturated rings. The number of nitrogens with one attached hydrogen (secondary N) is 1. The van der Waals surface area contributed by atoms with Crippen molar-refractivity contribution in [1.29, 1.82) is 0 Å². The number of sulfonamides is 1. The summed E-state index contributed by atoms with van der Waals surface area (Å²) in [5, 5.41) is 2.58. The Labute approximate surface area is 207 Å². The number of hydrogen-bond acceptors (Lipinski definition) is 4. The molecule has 3 aromatic carbocycles. The topological polar surface area (TPSA) is 86.8 Å². The number of nitrogens with zero attached hydrogens (tertiary/aromatic N) is 2. The van der Waals surface area contributed by atoms with E-state index in [1.807, 2.05) is 44.2 Å². The Bertz CT molecular complexity index is 1290. The quantitative estimate of drug-likeness (QED) is 0.493. The minimum Gasteiger partial charge on any atom is -0.357 e. The normalized spacial score (nSPS) is 12.0. The summed E-state index contributed by atoms with van der Waals surface area (Å²) in [7, 11) is -2.54. The zero-order valence-corrected chi connectivity index (χ0v) is 21.2. The van der Waals surface area contributed by atoms with Crippen LogP contribution in [0.1, 0.15) is 23.6 Å². The van der Waals surface area contributed by atoms with E-state index >= 15 is 0 Å². The molecule has 0 radical (unpaired) electrons. The van der Waals surface area contributed by atoms with Crippen molar-refractivity contribution in [2.75, 3.05) is 17.9 Å². The van der Waals surface area contributed by atoms with Gasteiger partial charge in [-0.1, -0.05) is 54.6 Å². The lowest BCUT2D eigenvalue weighted by atomic mass is 10.1. The van der Waals surface area contributed by atoms with Gasteiger partial charge in [0.25, 0.3) is 10.0 Å². The van der Waals surface area contributed by atoms with Crippen LogP contribution >= 0.6 is 0 Å². The van der Waals surface area contributed by atoms with E-state index in [0.29, 0.717) is 5.69 Å². The summed E-state index contributed by atoms with van der Waals surface area (Å²) in [5.41, 5.74) is 3.09. The van der Waals surface area contributed by atoms with Crippen molar-refractivity contribution in [3.05, 3.63) is 95.6 Å². The Morgan fingerprint density at radius 3 is 2.20 bits per heavy atom. The Hall–Kier alpha value is -3.65. The third-order valence-corrected chi connectivity index (χ3v) is 7.70. The lowest BCUT2D eigenvalue weighted by Gasteiger charge is -2.32. The molecule has 184 valence electrons. The number of hydrogen-bond donors (Lipinski definition) is 1.